The molecule has 0 saturated heterocycles. The zero-order chi connectivity index (χ0) is 17.2. The second-order valence-electron chi connectivity index (χ2n) is 5.68. The Morgan fingerprint density at radius 1 is 1.12 bits per heavy atom. The van der Waals surface area contributed by atoms with E-state index in [1.165, 1.54) is 0 Å². The Balaban J connectivity index is 1.60. The van der Waals surface area contributed by atoms with Gasteiger partial charge in [-0.25, -0.2) is 0 Å². The molecule has 0 fully saturated rings. The molecule has 4 rings (SSSR count). The van der Waals surface area contributed by atoms with Crippen LogP contribution < -0.4 is 19.6 Å². The molecule has 0 spiro atoms. The Bertz CT molecular complexity index is 970. The van der Waals surface area contributed by atoms with Gasteiger partial charge in [0.1, 0.15) is 5.75 Å². The van der Waals surface area contributed by atoms with Crippen LogP contribution in [-0.2, 0) is 0 Å². The average Bonchev–Trinajstić information content (AvgIpc) is 3.08. The molecule has 2 heterocycles. The molecule has 0 saturated carbocycles. The van der Waals surface area contributed by atoms with E-state index in [0.717, 1.165) is 45.1 Å². The molecule has 1 aliphatic rings. The number of aromatic nitrogens is 1. The molecule has 126 valence electrons. The number of hydrazone groups is 1. The second-order valence-corrected chi connectivity index (χ2v) is 5.68. The maximum atomic E-state index is 5.37. The van der Waals surface area contributed by atoms with Crippen LogP contribution in [0.2, 0.25) is 0 Å². The molecule has 0 unspecified atom stereocenters. The van der Waals surface area contributed by atoms with Gasteiger partial charge in [0, 0.05) is 17.1 Å². The Morgan fingerprint density at radius 2 is 2.00 bits per heavy atom. The molecule has 0 amide bonds. The predicted octanol–water partition coefficient (Wildman–Crippen LogP) is 3.73. The van der Waals surface area contributed by atoms with E-state index in [-0.39, 0.29) is 6.79 Å². The quantitative estimate of drug-likeness (QED) is 0.581. The number of nitrogens with one attached hydrogen (secondary N) is 1. The summed E-state index contributed by atoms with van der Waals surface area (Å²) in [5.41, 5.74) is 6.68. The third-order valence-corrected chi connectivity index (χ3v) is 3.94. The number of pyridine rings is 1. The summed E-state index contributed by atoms with van der Waals surface area (Å²) in [5, 5.41) is 5.32. The zero-order valence-electron chi connectivity index (χ0n) is 13.9. The first-order valence-corrected chi connectivity index (χ1v) is 7.87. The van der Waals surface area contributed by atoms with Gasteiger partial charge in [0.2, 0.25) is 6.79 Å². The van der Waals surface area contributed by atoms with E-state index in [2.05, 4.69) is 15.5 Å². The Morgan fingerprint density at radius 3 is 2.88 bits per heavy atom. The van der Waals surface area contributed by atoms with E-state index in [0.29, 0.717) is 0 Å². The summed E-state index contributed by atoms with van der Waals surface area (Å²) in [7, 11) is 1.64. The van der Waals surface area contributed by atoms with Crippen LogP contribution in [0.25, 0.3) is 10.9 Å². The van der Waals surface area contributed by atoms with Crippen molar-refractivity contribution in [3.63, 3.8) is 0 Å². The van der Waals surface area contributed by atoms with Crippen LogP contribution in [-0.4, -0.2) is 25.1 Å². The molecule has 0 radical (unpaired) electrons. The van der Waals surface area contributed by atoms with Gasteiger partial charge in [0.25, 0.3) is 0 Å². The summed E-state index contributed by atoms with van der Waals surface area (Å²) < 4.78 is 15.9. The number of anilines is 1. The minimum atomic E-state index is 0.264. The normalized spacial score (nSPS) is 12.7. The van der Waals surface area contributed by atoms with E-state index < -0.39 is 0 Å². The highest BCUT2D eigenvalue weighted by atomic mass is 16.7. The second kappa shape index (κ2) is 6.32. The lowest BCUT2D eigenvalue weighted by molar-refractivity contribution is 0.174. The van der Waals surface area contributed by atoms with Crippen molar-refractivity contribution in [1.29, 1.82) is 0 Å². The molecular weight excluding hydrogens is 318 g/mol. The average molecular weight is 335 g/mol. The fourth-order valence-electron chi connectivity index (χ4n) is 2.73. The Kier molecular flexibility index (Phi) is 3.85. The molecule has 2 aromatic carbocycles. The summed E-state index contributed by atoms with van der Waals surface area (Å²) in [5.74, 6) is 2.27. The number of rotatable bonds is 4. The van der Waals surface area contributed by atoms with Crippen molar-refractivity contribution >= 4 is 22.8 Å². The molecule has 1 N–H and O–H groups in total. The Labute approximate surface area is 145 Å². The lowest BCUT2D eigenvalue weighted by Gasteiger charge is -2.08. The molecule has 3 aromatic rings. The Hall–Kier alpha value is -3.28. The maximum absolute atomic E-state index is 5.37. The zero-order valence-corrected chi connectivity index (χ0v) is 13.9. The lowest BCUT2D eigenvalue weighted by Crippen LogP contribution is -1.95. The number of ether oxygens (including phenoxy) is 3. The molecule has 1 aromatic heterocycles. The van der Waals surface area contributed by atoms with Gasteiger partial charge >= 0.3 is 0 Å². The molecule has 0 atom stereocenters. The number of aryl methyl sites for hydroxylation is 1. The van der Waals surface area contributed by atoms with Gasteiger partial charge in [-0.15, -0.1) is 0 Å². The third kappa shape index (κ3) is 3.06. The van der Waals surface area contributed by atoms with Gasteiger partial charge < -0.3 is 14.2 Å². The van der Waals surface area contributed by atoms with Gasteiger partial charge in [-0.2, -0.15) is 5.10 Å². The highest BCUT2D eigenvalue weighted by Crippen LogP contribution is 2.32. The van der Waals surface area contributed by atoms with Gasteiger partial charge in [0.05, 0.1) is 24.5 Å². The van der Waals surface area contributed by atoms with Gasteiger partial charge in [-0.05, 0) is 48.9 Å². The summed E-state index contributed by atoms with van der Waals surface area (Å²) in [6, 6.07) is 13.5. The fourth-order valence-corrected chi connectivity index (χ4v) is 2.73. The van der Waals surface area contributed by atoms with Crippen LogP contribution in [0, 0.1) is 6.92 Å². The van der Waals surface area contributed by atoms with Crippen LogP contribution in [0.5, 0.6) is 17.2 Å². The van der Waals surface area contributed by atoms with E-state index in [1.54, 1.807) is 13.3 Å². The van der Waals surface area contributed by atoms with Gasteiger partial charge in [-0.3, -0.25) is 10.4 Å². The van der Waals surface area contributed by atoms with E-state index in [4.69, 9.17) is 14.2 Å². The third-order valence-electron chi connectivity index (χ3n) is 3.94. The monoisotopic (exact) mass is 335 g/mol. The predicted molar refractivity (Wildman–Crippen MR) is 96.8 cm³/mol. The van der Waals surface area contributed by atoms with Crippen molar-refractivity contribution in [1.82, 2.24) is 4.98 Å². The summed E-state index contributed by atoms with van der Waals surface area (Å²) in [6.07, 6.45) is 1.74. The van der Waals surface area contributed by atoms with Crippen molar-refractivity contribution in [3.05, 3.63) is 53.7 Å². The van der Waals surface area contributed by atoms with Crippen LogP contribution >= 0.6 is 0 Å². The molecule has 0 aliphatic carbocycles. The first-order chi connectivity index (χ1) is 12.2. The first kappa shape index (κ1) is 15.3. The standard InChI is InChI=1S/C19H17N3O3/c1-12-7-17(15-5-4-14(23-2)9-16(15)21-12)22-20-10-13-3-6-18-19(8-13)25-11-24-18/h3-10H,11H2,1-2H3,(H,21,22)/b20-10+. The number of nitrogens with zero attached hydrogens (tertiary/aromatic N) is 2. The van der Waals surface area contributed by atoms with E-state index in [9.17, 15) is 0 Å². The number of fused-ring (bicyclic) bond motifs is 2. The highest BCUT2D eigenvalue weighted by Gasteiger charge is 2.12. The van der Waals surface area contributed by atoms with Crippen molar-refractivity contribution in [3.8, 4) is 17.2 Å². The van der Waals surface area contributed by atoms with Crippen LogP contribution in [0.15, 0.2) is 47.6 Å². The molecule has 1 aliphatic heterocycles. The smallest absolute Gasteiger partial charge is 0.231 e. The fraction of sp³-hybridized carbons (Fsp3) is 0.158. The maximum Gasteiger partial charge on any atom is 0.231 e. The van der Waals surface area contributed by atoms with E-state index in [1.807, 2.05) is 49.4 Å². The van der Waals surface area contributed by atoms with Gasteiger partial charge in [0.15, 0.2) is 11.5 Å². The van der Waals surface area contributed by atoms with Crippen molar-refractivity contribution in [2.45, 2.75) is 6.92 Å². The van der Waals surface area contributed by atoms with E-state index >= 15 is 0 Å². The van der Waals surface area contributed by atoms with Crippen molar-refractivity contribution in [2.24, 2.45) is 5.10 Å². The minimum absolute atomic E-state index is 0.264. The number of hydrogen-bond donors (Lipinski definition) is 1. The number of benzene rings is 2. The van der Waals surface area contributed by atoms with Crippen molar-refractivity contribution in [2.75, 3.05) is 19.3 Å². The highest BCUT2D eigenvalue weighted by molar-refractivity contribution is 5.93. The minimum Gasteiger partial charge on any atom is -0.497 e. The number of methoxy groups -OCH3 is 1. The van der Waals surface area contributed by atoms with Crippen LogP contribution in [0.3, 0.4) is 0 Å². The molecule has 6 heteroatoms. The van der Waals surface area contributed by atoms with Crippen LogP contribution in [0.4, 0.5) is 5.69 Å². The SMILES string of the molecule is COc1ccc2c(N/N=C/c3ccc4c(c3)OCO4)cc(C)nc2c1. The lowest BCUT2D eigenvalue weighted by atomic mass is 10.1. The largest absolute Gasteiger partial charge is 0.497 e. The first-order valence-electron chi connectivity index (χ1n) is 7.87. The van der Waals surface area contributed by atoms with Crippen molar-refractivity contribution < 1.29 is 14.2 Å². The molecule has 25 heavy (non-hydrogen) atoms. The molecule has 0 bridgehead atoms. The summed E-state index contributed by atoms with van der Waals surface area (Å²) in [4.78, 5) is 4.55. The molecular formula is C19H17N3O3. The van der Waals surface area contributed by atoms with Crippen LogP contribution in [0.1, 0.15) is 11.3 Å². The topological polar surface area (TPSA) is 65.0 Å². The van der Waals surface area contributed by atoms with Gasteiger partial charge in [-0.1, -0.05) is 0 Å². The summed E-state index contributed by atoms with van der Waals surface area (Å²) >= 11 is 0. The summed E-state index contributed by atoms with van der Waals surface area (Å²) in [6.45, 7) is 2.21. The molecule has 6 nitrogen and oxygen atoms in total. The number of hydrogen-bond acceptors (Lipinski definition) is 6.